The number of anilines is 1. The van der Waals surface area contributed by atoms with Crippen LogP contribution in [0.4, 0.5) is 5.69 Å². The van der Waals surface area contributed by atoms with Gasteiger partial charge in [-0.05, 0) is 39.0 Å². The van der Waals surface area contributed by atoms with Crippen molar-refractivity contribution < 1.29 is 19.4 Å². The zero-order valence-electron chi connectivity index (χ0n) is 12.9. The molecule has 0 saturated carbocycles. The summed E-state index contributed by atoms with van der Waals surface area (Å²) in [6.45, 7) is 5.02. The maximum Gasteiger partial charge on any atom is 0.326 e. The third-order valence-electron chi connectivity index (χ3n) is 3.77. The van der Waals surface area contributed by atoms with Crippen LogP contribution < -0.4 is 9.64 Å². The molecule has 0 bridgehead atoms. The number of benzene rings is 1. The van der Waals surface area contributed by atoms with Crippen LogP contribution in [0.5, 0.6) is 5.75 Å². The van der Waals surface area contributed by atoms with Gasteiger partial charge in [-0.15, -0.1) is 11.3 Å². The number of rotatable bonds is 3. The highest BCUT2D eigenvalue weighted by Gasteiger charge is 2.37. The molecule has 2 aromatic rings. The first kappa shape index (κ1) is 15.5. The predicted molar refractivity (Wildman–Crippen MR) is 87.0 cm³/mol. The second kappa shape index (κ2) is 5.66. The molecule has 1 aliphatic heterocycles. The van der Waals surface area contributed by atoms with Crippen LogP contribution in [0.1, 0.15) is 18.9 Å². The largest absolute Gasteiger partial charge is 0.480 e. The van der Waals surface area contributed by atoms with Gasteiger partial charge in [-0.1, -0.05) is 0 Å². The van der Waals surface area contributed by atoms with Crippen molar-refractivity contribution in [2.45, 2.75) is 32.9 Å². The minimum absolute atomic E-state index is 0.362. The van der Waals surface area contributed by atoms with Gasteiger partial charge in [0, 0.05) is 10.9 Å². The van der Waals surface area contributed by atoms with Gasteiger partial charge in [-0.25, -0.2) is 9.78 Å². The van der Waals surface area contributed by atoms with Crippen molar-refractivity contribution >= 4 is 28.9 Å². The summed E-state index contributed by atoms with van der Waals surface area (Å²) in [5.74, 6) is -0.923. The summed E-state index contributed by atoms with van der Waals surface area (Å²) in [6, 6.07) is 4.40. The van der Waals surface area contributed by atoms with E-state index in [1.54, 1.807) is 19.1 Å². The van der Waals surface area contributed by atoms with E-state index in [2.05, 4.69) is 4.98 Å². The Hall–Kier alpha value is -2.41. The number of carbonyl (C=O) groups excluding carboxylic acids is 1. The minimum atomic E-state index is -1.06. The Morgan fingerprint density at radius 3 is 2.83 bits per heavy atom. The summed E-state index contributed by atoms with van der Waals surface area (Å²) >= 11 is 1.53. The second-order valence-electron chi connectivity index (χ2n) is 5.42. The van der Waals surface area contributed by atoms with E-state index >= 15 is 0 Å². The molecule has 0 radical (unpaired) electrons. The van der Waals surface area contributed by atoms with Crippen molar-refractivity contribution in [3.05, 3.63) is 28.6 Å². The number of hydrogen-bond donors (Lipinski definition) is 1. The van der Waals surface area contributed by atoms with Crippen LogP contribution in [0.15, 0.2) is 23.6 Å². The van der Waals surface area contributed by atoms with Gasteiger partial charge in [-0.2, -0.15) is 0 Å². The first-order valence-corrected chi connectivity index (χ1v) is 8.05. The fourth-order valence-electron chi connectivity index (χ4n) is 2.53. The number of aromatic nitrogens is 1. The van der Waals surface area contributed by atoms with E-state index < -0.39 is 18.1 Å². The molecule has 0 aliphatic carbocycles. The molecule has 1 N–H and O–H groups in total. The van der Waals surface area contributed by atoms with Crippen molar-refractivity contribution in [2.75, 3.05) is 4.90 Å². The molecule has 3 rings (SSSR count). The first-order chi connectivity index (χ1) is 10.9. The minimum Gasteiger partial charge on any atom is -0.480 e. The lowest BCUT2D eigenvalue weighted by Gasteiger charge is -2.35. The van der Waals surface area contributed by atoms with Gasteiger partial charge in [0.05, 0.1) is 16.4 Å². The van der Waals surface area contributed by atoms with Gasteiger partial charge < -0.3 is 9.84 Å². The fourth-order valence-corrected chi connectivity index (χ4v) is 3.15. The molecule has 1 aliphatic rings. The first-order valence-electron chi connectivity index (χ1n) is 7.17. The summed E-state index contributed by atoms with van der Waals surface area (Å²) in [5.41, 5.74) is 2.08. The number of carboxylic acids is 1. The quantitative estimate of drug-likeness (QED) is 0.935. The van der Waals surface area contributed by atoms with E-state index in [9.17, 15) is 14.7 Å². The van der Waals surface area contributed by atoms with Crippen molar-refractivity contribution in [3.63, 3.8) is 0 Å². The maximum absolute atomic E-state index is 12.4. The zero-order valence-corrected chi connectivity index (χ0v) is 13.8. The van der Waals surface area contributed by atoms with Crippen molar-refractivity contribution in [1.82, 2.24) is 4.98 Å². The van der Waals surface area contributed by atoms with Crippen LogP contribution in [-0.4, -0.2) is 34.1 Å². The number of aliphatic carboxylic acids is 1. The SMILES string of the molecule is Cc1nc(-c2ccc3c(c2)N(C(C)C(=O)O)C(=O)C(C)O3)cs1. The van der Waals surface area contributed by atoms with Gasteiger partial charge in [0.25, 0.3) is 5.91 Å². The highest BCUT2D eigenvalue weighted by atomic mass is 32.1. The summed E-state index contributed by atoms with van der Waals surface area (Å²) in [6.07, 6.45) is -0.711. The summed E-state index contributed by atoms with van der Waals surface area (Å²) in [7, 11) is 0. The molecular weight excluding hydrogens is 316 g/mol. The number of carbonyl (C=O) groups is 2. The number of thiazole rings is 1. The van der Waals surface area contributed by atoms with Crippen LogP contribution in [0, 0.1) is 6.92 Å². The van der Waals surface area contributed by atoms with Crippen LogP contribution in [0.25, 0.3) is 11.3 Å². The van der Waals surface area contributed by atoms with Crippen LogP contribution in [-0.2, 0) is 9.59 Å². The van der Waals surface area contributed by atoms with E-state index in [-0.39, 0.29) is 5.91 Å². The van der Waals surface area contributed by atoms with Crippen LogP contribution >= 0.6 is 11.3 Å². The van der Waals surface area contributed by atoms with Gasteiger partial charge in [-0.3, -0.25) is 9.69 Å². The molecule has 0 fully saturated rings. The van der Waals surface area contributed by atoms with Crippen LogP contribution in [0.3, 0.4) is 0 Å². The number of ether oxygens (including phenoxy) is 1. The molecule has 0 saturated heterocycles. The molecule has 2 atom stereocenters. The Morgan fingerprint density at radius 1 is 1.48 bits per heavy atom. The Labute approximate surface area is 137 Å². The van der Waals surface area contributed by atoms with Crippen molar-refractivity contribution in [1.29, 1.82) is 0 Å². The number of aryl methyl sites for hydroxylation is 1. The average molecular weight is 332 g/mol. The zero-order chi connectivity index (χ0) is 16.7. The number of amides is 1. The highest BCUT2D eigenvalue weighted by molar-refractivity contribution is 7.09. The number of hydrogen-bond acceptors (Lipinski definition) is 5. The molecule has 2 heterocycles. The van der Waals surface area contributed by atoms with E-state index in [4.69, 9.17) is 4.74 Å². The van der Waals surface area contributed by atoms with Crippen molar-refractivity contribution in [3.8, 4) is 17.0 Å². The Balaban J connectivity index is 2.11. The van der Waals surface area contributed by atoms with Gasteiger partial charge in [0.1, 0.15) is 11.8 Å². The van der Waals surface area contributed by atoms with Gasteiger partial charge >= 0.3 is 5.97 Å². The number of carboxylic acid groups (broad SMARTS) is 1. The molecular formula is C16H16N2O4S. The van der Waals surface area contributed by atoms with Gasteiger partial charge in [0.15, 0.2) is 6.10 Å². The smallest absolute Gasteiger partial charge is 0.326 e. The van der Waals surface area contributed by atoms with E-state index in [1.807, 2.05) is 18.4 Å². The Kier molecular flexibility index (Phi) is 3.81. The van der Waals surface area contributed by atoms with Crippen molar-refractivity contribution in [2.24, 2.45) is 0 Å². The molecule has 2 unspecified atom stereocenters. The average Bonchev–Trinajstić information content (AvgIpc) is 2.94. The molecule has 0 spiro atoms. The molecule has 1 aromatic heterocycles. The normalized spacial score (nSPS) is 18.3. The Morgan fingerprint density at radius 2 is 2.22 bits per heavy atom. The topological polar surface area (TPSA) is 79.7 Å². The highest BCUT2D eigenvalue weighted by Crippen LogP contribution is 2.38. The van der Waals surface area contributed by atoms with Gasteiger partial charge in [0.2, 0.25) is 0 Å². The summed E-state index contributed by atoms with van der Waals surface area (Å²) < 4.78 is 5.60. The third-order valence-corrected chi connectivity index (χ3v) is 4.54. The predicted octanol–water partition coefficient (Wildman–Crippen LogP) is 2.71. The summed E-state index contributed by atoms with van der Waals surface area (Å²) in [4.78, 5) is 29.5. The lowest BCUT2D eigenvalue weighted by molar-refractivity contribution is -0.140. The fraction of sp³-hybridized carbons (Fsp3) is 0.312. The molecule has 7 heteroatoms. The third kappa shape index (κ3) is 2.68. The molecule has 1 amide bonds. The van der Waals surface area contributed by atoms with E-state index in [0.717, 1.165) is 16.3 Å². The second-order valence-corrected chi connectivity index (χ2v) is 6.48. The molecule has 1 aromatic carbocycles. The van der Waals surface area contributed by atoms with E-state index in [0.29, 0.717) is 11.4 Å². The lowest BCUT2D eigenvalue weighted by atomic mass is 10.1. The number of fused-ring (bicyclic) bond motifs is 1. The van der Waals surface area contributed by atoms with Crippen LogP contribution in [0.2, 0.25) is 0 Å². The van der Waals surface area contributed by atoms with E-state index in [1.165, 1.54) is 23.2 Å². The maximum atomic E-state index is 12.4. The standard InChI is InChI=1S/C16H16N2O4S/c1-8(16(20)21)18-13-6-11(12-7-23-10(3)17-12)4-5-14(13)22-9(2)15(18)19/h4-9H,1-3H3,(H,20,21). The summed E-state index contributed by atoms with van der Waals surface area (Å²) in [5, 5.41) is 12.2. The monoisotopic (exact) mass is 332 g/mol. The molecule has 23 heavy (non-hydrogen) atoms. The lowest BCUT2D eigenvalue weighted by Crippen LogP contribution is -2.51. The molecule has 6 nitrogen and oxygen atoms in total. The Bertz CT molecular complexity index is 786. The number of nitrogens with zero attached hydrogens (tertiary/aromatic N) is 2. The molecule has 120 valence electrons.